The van der Waals surface area contributed by atoms with Gasteiger partial charge in [0, 0.05) is 13.0 Å². The topological polar surface area (TPSA) is 134 Å². The molecule has 0 spiro atoms. The number of carbonyl (C=O) groups excluding carboxylic acids is 5. The van der Waals surface area contributed by atoms with E-state index in [4.69, 9.17) is 4.74 Å². The van der Waals surface area contributed by atoms with E-state index < -0.39 is 29.7 Å². The second kappa shape index (κ2) is 9.44. The number of piperidine rings is 1. The summed E-state index contributed by atoms with van der Waals surface area (Å²) in [4.78, 5) is 62.2. The lowest BCUT2D eigenvalue weighted by Crippen LogP contribution is -2.54. The summed E-state index contributed by atoms with van der Waals surface area (Å²) in [7, 11) is 0. The van der Waals surface area contributed by atoms with Crippen molar-refractivity contribution < 1.29 is 28.7 Å². The molecule has 0 radical (unpaired) electrons. The third-order valence-corrected chi connectivity index (χ3v) is 5.54. The van der Waals surface area contributed by atoms with Gasteiger partial charge in [0.05, 0.1) is 11.1 Å². The fourth-order valence-electron chi connectivity index (χ4n) is 3.95. The first kappa shape index (κ1) is 22.7. The van der Waals surface area contributed by atoms with Crippen LogP contribution in [0.4, 0.5) is 0 Å². The van der Waals surface area contributed by atoms with Crippen molar-refractivity contribution in [3.63, 3.8) is 0 Å². The Hall–Kier alpha value is -2.98. The molecule has 0 aliphatic carbocycles. The number of benzene rings is 1. The predicted octanol–water partition coefficient (Wildman–Crippen LogP) is -0.386. The average molecular weight is 451 g/mol. The summed E-state index contributed by atoms with van der Waals surface area (Å²) in [5.74, 6) is -2.22. The van der Waals surface area contributed by atoms with E-state index in [0.29, 0.717) is 12.5 Å². The first-order chi connectivity index (χ1) is 14.5. The molecular weight excluding hydrogens is 428 g/mol. The predicted molar refractivity (Wildman–Crippen MR) is 110 cm³/mol. The van der Waals surface area contributed by atoms with Crippen LogP contribution in [0.2, 0.25) is 0 Å². The zero-order chi connectivity index (χ0) is 21.3. The molecule has 3 heterocycles. The van der Waals surface area contributed by atoms with E-state index in [-0.39, 0.29) is 54.6 Å². The number of halogens is 1. The minimum Gasteiger partial charge on any atom is -0.483 e. The number of nitrogens with one attached hydrogen (secondary N) is 3. The number of imide groups is 2. The summed E-state index contributed by atoms with van der Waals surface area (Å²) >= 11 is 0. The van der Waals surface area contributed by atoms with Crippen molar-refractivity contribution >= 4 is 41.9 Å². The zero-order valence-electron chi connectivity index (χ0n) is 16.6. The molecule has 0 bridgehead atoms. The van der Waals surface area contributed by atoms with Gasteiger partial charge in [-0.05, 0) is 44.0 Å². The first-order valence-electron chi connectivity index (χ1n) is 9.90. The Morgan fingerprint density at radius 2 is 1.97 bits per heavy atom. The van der Waals surface area contributed by atoms with E-state index in [0.717, 1.165) is 24.4 Å². The fraction of sp³-hybridized carbons (Fsp3) is 0.450. The first-order valence-corrected chi connectivity index (χ1v) is 9.90. The maximum absolute atomic E-state index is 13.0. The van der Waals surface area contributed by atoms with Crippen LogP contribution in [0.25, 0.3) is 0 Å². The molecule has 2 saturated heterocycles. The van der Waals surface area contributed by atoms with Gasteiger partial charge in [0.25, 0.3) is 17.7 Å². The van der Waals surface area contributed by atoms with Crippen LogP contribution in [0.5, 0.6) is 5.75 Å². The molecule has 1 aromatic rings. The quantitative estimate of drug-likeness (QED) is 0.503. The van der Waals surface area contributed by atoms with E-state index in [1.54, 1.807) is 6.07 Å². The van der Waals surface area contributed by atoms with Gasteiger partial charge in [-0.25, -0.2) is 0 Å². The van der Waals surface area contributed by atoms with Gasteiger partial charge in [0.1, 0.15) is 11.8 Å². The smallest absolute Gasteiger partial charge is 0.266 e. The van der Waals surface area contributed by atoms with E-state index in [9.17, 15) is 24.0 Å². The Morgan fingerprint density at radius 1 is 1.16 bits per heavy atom. The molecule has 10 nitrogen and oxygen atoms in total. The van der Waals surface area contributed by atoms with Crippen LogP contribution in [-0.4, -0.2) is 66.7 Å². The Kier molecular flexibility index (Phi) is 6.91. The number of hydrogen-bond donors (Lipinski definition) is 3. The number of nitrogens with zero attached hydrogens (tertiary/aromatic N) is 1. The standard InChI is InChI=1S/C20H22N4O6.ClH/c25-15-5-4-13(18(27)23-15)24-19(28)12-2-1-3-14(17(12)20(24)29)30-10-16(26)22-9-11-6-7-21-8-11;/h1-3,11,13,21H,4-10H2,(H,22,26)(H,23,25,27);1H. The Balaban J connectivity index is 0.00000272. The van der Waals surface area contributed by atoms with Gasteiger partial charge in [-0.15, -0.1) is 12.4 Å². The summed E-state index contributed by atoms with van der Waals surface area (Å²) in [6.07, 6.45) is 1.12. The van der Waals surface area contributed by atoms with E-state index in [2.05, 4.69) is 16.0 Å². The van der Waals surface area contributed by atoms with Gasteiger partial charge in [-0.2, -0.15) is 0 Å². The number of carbonyl (C=O) groups is 5. The normalized spacial score (nSPS) is 22.6. The molecule has 5 amide bonds. The number of rotatable bonds is 6. The minimum atomic E-state index is -1.05. The minimum absolute atomic E-state index is 0. The molecule has 3 N–H and O–H groups in total. The number of fused-ring (bicyclic) bond motifs is 1. The third-order valence-electron chi connectivity index (χ3n) is 5.54. The molecule has 166 valence electrons. The second-order valence-electron chi connectivity index (χ2n) is 7.58. The maximum atomic E-state index is 13.0. The van der Waals surface area contributed by atoms with Gasteiger partial charge in [-0.1, -0.05) is 6.07 Å². The molecule has 2 atom stereocenters. The van der Waals surface area contributed by atoms with Crippen LogP contribution in [0.1, 0.15) is 40.0 Å². The number of hydrogen-bond acceptors (Lipinski definition) is 7. The second-order valence-corrected chi connectivity index (χ2v) is 7.58. The molecule has 3 aliphatic rings. The van der Waals surface area contributed by atoms with Crippen molar-refractivity contribution in [3.8, 4) is 5.75 Å². The van der Waals surface area contributed by atoms with E-state index in [1.165, 1.54) is 12.1 Å². The summed E-state index contributed by atoms with van der Waals surface area (Å²) in [6, 6.07) is 3.48. The van der Waals surface area contributed by atoms with E-state index in [1.807, 2.05) is 0 Å². The highest BCUT2D eigenvalue weighted by molar-refractivity contribution is 6.24. The van der Waals surface area contributed by atoms with Crippen LogP contribution < -0.4 is 20.7 Å². The zero-order valence-corrected chi connectivity index (χ0v) is 17.5. The lowest BCUT2D eigenvalue weighted by Gasteiger charge is -2.27. The third kappa shape index (κ3) is 4.54. The molecule has 0 saturated carbocycles. The summed E-state index contributed by atoms with van der Waals surface area (Å²) in [5.41, 5.74) is 0.139. The Labute approximate surface area is 184 Å². The van der Waals surface area contributed by atoms with Crippen molar-refractivity contribution in [2.75, 3.05) is 26.2 Å². The van der Waals surface area contributed by atoms with Crippen molar-refractivity contribution in [2.45, 2.75) is 25.3 Å². The summed E-state index contributed by atoms with van der Waals surface area (Å²) in [5, 5.41) is 8.18. The van der Waals surface area contributed by atoms with Crippen molar-refractivity contribution in [2.24, 2.45) is 5.92 Å². The fourth-order valence-corrected chi connectivity index (χ4v) is 3.95. The van der Waals surface area contributed by atoms with E-state index >= 15 is 0 Å². The van der Waals surface area contributed by atoms with Gasteiger partial charge in [0.15, 0.2) is 6.61 Å². The molecular formula is C20H23ClN4O6. The maximum Gasteiger partial charge on any atom is 0.266 e. The van der Waals surface area contributed by atoms with Crippen LogP contribution in [0, 0.1) is 5.92 Å². The average Bonchev–Trinajstić information content (AvgIpc) is 3.33. The number of ether oxygens (including phenoxy) is 1. The SMILES string of the molecule is Cl.O=C(COc1cccc2c1C(=O)N(C1CCC(=O)NC1=O)C2=O)NCC1CCNC1. The van der Waals surface area contributed by atoms with Crippen molar-refractivity contribution in [1.29, 1.82) is 0 Å². The highest BCUT2D eigenvalue weighted by Crippen LogP contribution is 2.33. The summed E-state index contributed by atoms with van der Waals surface area (Å²) in [6.45, 7) is 2.05. The largest absolute Gasteiger partial charge is 0.483 e. The lowest BCUT2D eigenvalue weighted by atomic mass is 10.0. The molecule has 3 aliphatic heterocycles. The Morgan fingerprint density at radius 3 is 2.68 bits per heavy atom. The molecule has 11 heteroatoms. The highest BCUT2D eigenvalue weighted by atomic mass is 35.5. The summed E-state index contributed by atoms with van der Waals surface area (Å²) < 4.78 is 5.54. The monoisotopic (exact) mass is 450 g/mol. The van der Waals surface area contributed by atoms with Crippen molar-refractivity contribution in [3.05, 3.63) is 29.3 Å². The van der Waals surface area contributed by atoms with Crippen LogP contribution in [0.15, 0.2) is 18.2 Å². The van der Waals surface area contributed by atoms with Gasteiger partial charge in [0.2, 0.25) is 11.8 Å². The molecule has 0 aromatic heterocycles. The number of amides is 5. The van der Waals surface area contributed by atoms with Gasteiger partial charge >= 0.3 is 0 Å². The highest BCUT2D eigenvalue weighted by Gasteiger charge is 2.46. The van der Waals surface area contributed by atoms with Crippen LogP contribution >= 0.6 is 12.4 Å². The Bertz CT molecular complexity index is 930. The molecule has 31 heavy (non-hydrogen) atoms. The molecule has 4 rings (SSSR count). The molecule has 2 unspecified atom stereocenters. The van der Waals surface area contributed by atoms with Gasteiger partial charge < -0.3 is 15.4 Å². The van der Waals surface area contributed by atoms with Gasteiger partial charge in [-0.3, -0.25) is 34.2 Å². The molecule has 2 fully saturated rings. The van der Waals surface area contributed by atoms with Crippen molar-refractivity contribution in [1.82, 2.24) is 20.9 Å². The molecule has 1 aromatic carbocycles. The van der Waals surface area contributed by atoms with Crippen LogP contribution in [0.3, 0.4) is 0 Å². The van der Waals surface area contributed by atoms with Crippen LogP contribution in [-0.2, 0) is 14.4 Å². The lowest BCUT2D eigenvalue weighted by molar-refractivity contribution is -0.136.